The van der Waals surface area contributed by atoms with E-state index in [1.54, 1.807) is 7.11 Å². The first kappa shape index (κ1) is 19.1. The molecule has 2 aromatic rings. The third-order valence-electron chi connectivity index (χ3n) is 4.42. The maximum Gasteiger partial charge on any atom is 0.315 e. The topological polar surface area (TPSA) is 83.7 Å². The summed E-state index contributed by atoms with van der Waals surface area (Å²) in [5, 5.41) is 16.4. The summed E-state index contributed by atoms with van der Waals surface area (Å²) >= 11 is 0. The number of aryl methyl sites for hydroxylation is 1. The highest BCUT2D eigenvalue weighted by atomic mass is 16.5. The van der Waals surface area contributed by atoms with Crippen molar-refractivity contribution in [1.29, 1.82) is 0 Å². The minimum atomic E-state index is -0.412. The lowest BCUT2D eigenvalue weighted by molar-refractivity contribution is 0.116. The van der Waals surface area contributed by atoms with Crippen LogP contribution in [0.4, 0.5) is 4.79 Å². The van der Waals surface area contributed by atoms with E-state index in [1.165, 1.54) is 0 Å². The molecule has 0 bridgehead atoms. The van der Waals surface area contributed by atoms with Gasteiger partial charge in [0.2, 0.25) is 0 Å². The second kappa shape index (κ2) is 8.25. The van der Waals surface area contributed by atoms with Crippen LogP contribution in [0.3, 0.4) is 0 Å². The number of hydrogen-bond acceptors (Lipinski definition) is 4. The molecule has 2 rings (SSSR count). The first-order valence-electron chi connectivity index (χ1n) is 8.63. The minimum Gasteiger partial charge on any atom is -0.497 e. The van der Waals surface area contributed by atoms with Gasteiger partial charge in [0.1, 0.15) is 17.1 Å². The van der Waals surface area contributed by atoms with Crippen LogP contribution in [0.15, 0.2) is 22.6 Å². The Morgan fingerprint density at radius 1 is 1.32 bits per heavy atom. The van der Waals surface area contributed by atoms with E-state index in [0.29, 0.717) is 13.0 Å². The lowest BCUT2D eigenvalue weighted by Gasteiger charge is -2.16. The molecule has 0 aliphatic heterocycles. The molecule has 3 N–H and O–H groups in total. The number of carbonyl (C=O) groups is 1. The van der Waals surface area contributed by atoms with Crippen LogP contribution >= 0.6 is 0 Å². The molecule has 2 amide bonds. The number of fused-ring (bicyclic) bond motifs is 1. The summed E-state index contributed by atoms with van der Waals surface area (Å²) in [6, 6.07) is 5.09. The summed E-state index contributed by atoms with van der Waals surface area (Å²) in [5.74, 6) is 1.67. The number of methoxy groups -OCH3 is 1. The summed E-state index contributed by atoms with van der Waals surface area (Å²) in [4.78, 5) is 12.0. The van der Waals surface area contributed by atoms with Crippen LogP contribution in [0.2, 0.25) is 0 Å². The highest BCUT2D eigenvalue weighted by molar-refractivity contribution is 5.84. The quantitative estimate of drug-likeness (QED) is 0.715. The van der Waals surface area contributed by atoms with Gasteiger partial charge >= 0.3 is 6.03 Å². The van der Waals surface area contributed by atoms with Crippen LogP contribution in [0.25, 0.3) is 11.0 Å². The SMILES string of the molecule is COc1ccc2oc(C(C)NC(=O)NCCC(O)C(C)C)c(C)c2c1. The number of nitrogens with one attached hydrogen (secondary N) is 2. The Bertz CT molecular complexity index is 724. The molecule has 1 aromatic carbocycles. The molecule has 6 heteroatoms. The lowest BCUT2D eigenvalue weighted by atomic mass is 10.0. The monoisotopic (exact) mass is 348 g/mol. The molecule has 0 saturated carbocycles. The summed E-state index contributed by atoms with van der Waals surface area (Å²) in [5.41, 5.74) is 1.75. The average Bonchev–Trinajstić information content (AvgIpc) is 2.91. The Morgan fingerprint density at radius 3 is 2.68 bits per heavy atom. The summed E-state index contributed by atoms with van der Waals surface area (Å²) < 4.78 is 11.1. The smallest absolute Gasteiger partial charge is 0.315 e. The van der Waals surface area contributed by atoms with Gasteiger partial charge in [-0.1, -0.05) is 13.8 Å². The number of carbonyl (C=O) groups excluding carboxylic acids is 1. The van der Waals surface area contributed by atoms with E-state index in [4.69, 9.17) is 9.15 Å². The number of furan rings is 1. The zero-order valence-corrected chi connectivity index (χ0v) is 15.6. The highest BCUT2D eigenvalue weighted by Gasteiger charge is 2.19. The third kappa shape index (κ3) is 4.66. The van der Waals surface area contributed by atoms with Crippen LogP contribution in [0.5, 0.6) is 5.75 Å². The first-order chi connectivity index (χ1) is 11.8. The molecule has 138 valence electrons. The van der Waals surface area contributed by atoms with E-state index in [0.717, 1.165) is 28.0 Å². The summed E-state index contributed by atoms with van der Waals surface area (Å²) in [6.45, 7) is 8.17. The standard InChI is InChI=1S/C19H28N2O4/c1-11(2)16(22)8-9-20-19(23)21-13(4)18-12(3)15-10-14(24-5)6-7-17(15)25-18/h6-7,10-11,13,16,22H,8-9H2,1-5H3,(H2,20,21,23). The molecule has 0 radical (unpaired) electrons. The Kier molecular flexibility index (Phi) is 6.31. The van der Waals surface area contributed by atoms with Crippen molar-refractivity contribution in [2.24, 2.45) is 5.92 Å². The number of aliphatic hydroxyl groups is 1. The Hall–Kier alpha value is -2.21. The fraction of sp³-hybridized carbons (Fsp3) is 0.526. The predicted octanol–water partition coefficient (Wildman–Crippen LogP) is 3.52. The molecule has 0 aliphatic carbocycles. The Morgan fingerprint density at radius 2 is 2.04 bits per heavy atom. The fourth-order valence-corrected chi connectivity index (χ4v) is 2.74. The van der Waals surface area contributed by atoms with E-state index in [2.05, 4.69) is 10.6 Å². The Labute approximate surface area is 148 Å². The van der Waals surface area contributed by atoms with Gasteiger partial charge in [-0.15, -0.1) is 0 Å². The van der Waals surface area contributed by atoms with Gasteiger partial charge < -0.3 is 24.9 Å². The average molecular weight is 348 g/mol. The molecule has 0 spiro atoms. The largest absolute Gasteiger partial charge is 0.497 e. The van der Waals surface area contributed by atoms with Gasteiger partial charge in [0, 0.05) is 17.5 Å². The molecule has 0 fully saturated rings. The minimum absolute atomic E-state index is 0.180. The zero-order chi connectivity index (χ0) is 18.6. The van der Waals surface area contributed by atoms with Crippen molar-refractivity contribution in [3.05, 3.63) is 29.5 Å². The molecule has 0 saturated heterocycles. The second-order valence-corrected chi connectivity index (χ2v) is 6.68. The van der Waals surface area contributed by atoms with E-state index in [9.17, 15) is 9.90 Å². The van der Waals surface area contributed by atoms with Crippen LogP contribution in [0.1, 0.15) is 44.6 Å². The molecule has 0 aliphatic rings. The molecular weight excluding hydrogens is 320 g/mol. The number of amides is 2. The van der Waals surface area contributed by atoms with Gasteiger partial charge in [0.15, 0.2) is 0 Å². The third-order valence-corrected chi connectivity index (χ3v) is 4.42. The van der Waals surface area contributed by atoms with Crippen molar-refractivity contribution in [1.82, 2.24) is 10.6 Å². The van der Waals surface area contributed by atoms with Gasteiger partial charge in [-0.05, 0) is 44.4 Å². The second-order valence-electron chi connectivity index (χ2n) is 6.68. The highest BCUT2D eigenvalue weighted by Crippen LogP contribution is 2.31. The summed E-state index contributed by atoms with van der Waals surface area (Å²) in [6.07, 6.45) is 0.119. The van der Waals surface area contributed by atoms with Crippen molar-refractivity contribution in [2.45, 2.75) is 46.3 Å². The van der Waals surface area contributed by atoms with Crippen molar-refractivity contribution in [3.8, 4) is 5.75 Å². The van der Waals surface area contributed by atoms with Gasteiger partial charge in [0.05, 0.1) is 19.3 Å². The van der Waals surface area contributed by atoms with Crippen molar-refractivity contribution >= 4 is 17.0 Å². The normalized spacial score (nSPS) is 13.7. The number of rotatable bonds is 7. The number of hydrogen-bond donors (Lipinski definition) is 3. The molecular formula is C19H28N2O4. The Balaban J connectivity index is 1.98. The number of ether oxygens (including phenoxy) is 1. The molecule has 25 heavy (non-hydrogen) atoms. The van der Waals surface area contributed by atoms with Crippen LogP contribution in [-0.2, 0) is 0 Å². The molecule has 1 aromatic heterocycles. The van der Waals surface area contributed by atoms with Crippen molar-refractivity contribution < 1.29 is 19.1 Å². The van der Waals surface area contributed by atoms with E-state index < -0.39 is 6.10 Å². The van der Waals surface area contributed by atoms with Gasteiger partial charge in [-0.25, -0.2) is 4.79 Å². The maximum atomic E-state index is 12.0. The predicted molar refractivity (Wildman–Crippen MR) is 97.9 cm³/mol. The molecule has 2 unspecified atom stereocenters. The van der Waals surface area contributed by atoms with Gasteiger partial charge in [-0.3, -0.25) is 0 Å². The van der Waals surface area contributed by atoms with Crippen LogP contribution in [0, 0.1) is 12.8 Å². The van der Waals surface area contributed by atoms with E-state index >= 15 is 0 Å². The number of aliphatic hydroxyl groups excluding tert-OH is 1. The van der Waals surface area contributed by atoms with Crippen LogP contribution < -0.4 is 15.4 Å². The molecule has 1 heterocycles. The van der Waals surface area contributed by atoms with Crippen molar-refractivity contribution in [3.63, 3.8) is 0 Å². The van der Waals surface area contributed by atoms with Gasteiger partial charge in [0.25, 0.3) is 0 Å². The molecule has 2 atom stereocenters. The van der Waals surface area contributed by atoms with Crippen molar-refractivity contribution in [2.75, 3.05) is 13.7 Å². The summed E-state index contributed by atoms with van der Waals surface area (Å²) in [7, 11) is 1.63. The lowest BCUT2D eigenvalue weighted by Crippen LogP contribution is -2.38. The number of urea groups is 1. The van der Waals surface area contributed by atoms with E-state index in [-0.39, 0.29) is 18.0 Å². The number of benzene rings is 1. The zero-order valence-electron chi connectivity index (χ0n) is 15.6. The van der Waals surface area contributed by atoms with E-state index in [1.807, 2.05) is 45.9 Å². The first-order valence-corrected chi connectivity index (χ1v) is 8.63. The van der Waals surface area contributed by atoms with Gasteiger partial charge in [-0.2, -0.15) is 0 Å². The molecule has 6 nitrogen and oxygen atoms in total. The van der Waals surface area contributed by atoms with Crippen LogP contribution in [-0.4, -0.2) is 30.9 Å². The maximum absolute atomic E-state index is 12.0. The fourth-order valence-electron chi connectivity index (χ4n) is 2.74.